The molecule has 11 heteroatoms. The summed E-state index contributed by atoms with van der Waals surface area (Å²) < 4.78 is 29.7. The first kappa shape index (κ1) is 33.6. The number of halogens is 2. The van der Waals surface area contributed by atoms with E-state index in [1.165, 1.54) is 12.1 Å². The zero-order valence-electron chi connectivity index (χ0n) is 27.3. The molecule has 1 aromatic heterocycles. The van der Waals surface area contributed by atoms with E-state index in [2.05, 4.69) is 24.1 Å². The van der Waals surface area contributed by atoms with Crippen molar-refractivity contribution in [3.8, 4) is 0 Å². The van der Waals surface area contributed by atoms with Crippen molar-refractivity contribution in [1.82, 2.24) is 14.4 Å². The Kier molecular flexibility index (Phi) is 10.3. The number of aromatic nitrogens is 1. The maximum Gasteiger partial charge on any atom is 0.257 e. The first-order valence-electron chi connectivity index (χ1n) is 16.7. The van der Waals surface area contributed by atoms with Crippen LogP contribution in [0.2, 0.25) is 5.02 Å². The Morgan fingerprint density at radius 3 is 2.53 bits per heavy atom. The van der Waals surface area contributed by atoms with Gasteiger partial charge in [0.05, 0.1) is 53.7 Å². The molecule has 3 aliphatic rings. The zero-order chi connectivity index (χ0) is 33.2. The van der Waals surface area contributed by atoms with Gasteiger partial charge in [0.25, 0.3) is 5.91 Å². The van der Waals surface area contributed by atoms with Gasteiger partial charge in [-0.15, -0.1) is 0 Å². The van der Waals surface area contributed by atoms with Crippen LogP contribution in [0.3, 0.4) is 0 Å². The Bertz CT molecular complexity index is 1610. The summed E-state index contributed by atoms with van der Waals surface area (Å²) in [5.41, 5.74) is 1.67. The zero-order valence-corrected chi connectivity index (χ0v) is 28.0. The minimum Gasteiger partial charge on any atom is -0.376 e. The molecule has 1 saturated carbocycles. The molecule has 6 rings (SSSR count). The topological polar surface area (TPSA) is 93.1 Å². The lowest BCUT2D eigenvalue weighted by Gasteiger charge is -2.38. The summed E-state index contributed by atoms with van der Waals surface area (Å²) in [5.74, 6) is -1.09. The fraction of sp³-hybridized carbons (Fsp3) is 0.528. The van der Waals surface area contributed by atoms with Crippen LogP contribution in [0.5, 0.6) is 0 Å². The van der Waals surface area contributed by atoms with E-state index in [0.717, 1.165) is 62.4 Å². The monoisotopic (exact) mass is 666 g/mol. The third kappa shape index (κ3) is 7.56. The Morgan fingerprint density at radius 1 is 1.09 bits per heavy atom. The predicted molar refractivity (Wildman–Crippen MR) is 179 cm³/mol. The Labute approximate surface area is 280 Å². The lowest BCUT2D eigenvalue weighted by molar-refractivity contribution is -0.133. The molecule has 2 amide bonds. The van der Waals surface area contributed by atoms with Crippen LogP contribution in [0.15, 0.2) is 42.6 Å². The summed E-state index contributed by atoms with van der Waals surface area (Å²) in [6.07, 6.45) is 6.96. The largest absolute Gasteiger partial charge is 0.376 e. The van der Waals surface area contributed by atoms with Crippen molar-refractivity contribution in [3.05, 3.63) is 64.6 Å². The van der Waals surface area contributed by atoms with Gasteiger partial charge in [0, 0.05) is 55.7 Å². The van der Waals surface area contributed by atoms with Gasteiger partial charge in [0.15, 0.2) is 0 Å². The van der Waals surface area contributed by atoms with Gasteiger partial charge in [-0.3, -0.25) is 14.5 Å². The normalized spacial score (nSPS) is 26.9. The van der Waals surface area contributed by atoms with Crippen molar-refractivity contribution in [3.63, 3.8) is 0 Å². The molecule has 1 N–H and O–H groups in total. The number of nitrogens with zero attached hydrogens (tertiary/aromatic N) is 3. The van der Waals surface area contributed by atoms with Gasteiger partial charge in [-0.2, -0.15) is 0 Å². The second-order valence-electron chi connectivity index (χ2n) is 13.5. The third-order valence-corrected chi connectivity index (χ3v) is 10.3. The van der Waals surface area contributed by atoms with E-state index in [9.17, 15) is 14.4 Å². The fourth-order valence-electron chi connectivity index (χ4n) is 7.57. The number of fused-ring (bicyclic) bond motifs is 1. The Morgan fingerprint density at radius 2 is 1.81 bits per heavy atom. The molecule has 252 valence electrons. The molecular formula is C36H44ClFN4O5. The number of likely N-dealkylation sites (tertiary alicyclic amines) is 1. The first-order chi connectivity index (χ1) is 22.6. The molecule has 0 unspecified atom stereocenters. The molecule has 3 heterocycles. The summed E-state index contributed by atoms with van der Waals surface area (Å²) >= 11 is 6.56. The number of hydrogen-bond donors (Lipinski definition) is 1. The van der Waals surface area contributed by atoms with E-state index in [4.69, 9.17) is 21.1 Å². The van der Waals surface area contributed by atoms with E-state index in [1.54, 1.807) is 6.20 Å². The van der Waals surface area contributed by atoms with Crippen LogP contribution in [-0.2, 0) is 32.5 Å². The van der Waals surface area contributed by atoms with Crippen LogP contribution in [-0.4, -0.2) is 89.1 Å². The summed E-state index contributed by atoms with van der Waals surface area (Å²) in [6, 6.07) is 10.2. The van der Waals surface area contributed by atoms with Crippen molar-refractivity contribution in [2.24, 2.45) is 13.0 Å². The number of carbonyl (C=O) groups excluding carboxylic acids is 3. The number of amides is 2. The summed E-state index contributed by atoms with van der Waals surface area (Å²) in [7, 11) is 1.86. The number of para-hydroxylation sites is 1. The molecular weight excluding hydrogens is 623 g/mol. The number of aldehydes is 1. The predicted octanol–water partition coefficient (Wildman–Crippen LogP) is 5.62. The van der Waals surface area contributed by atoms with Crippen LogP contribution in [0.1, 0.15) is 61.9 Å². The van der Waals surface area contributed by atoms with E-state index in [-0.39, 0.29) is 64.9 Å². The van der Waals surface area contributed by atoms with Gasteiger partial charge in [-0.1, -0.05) is 29.8 Å². The number of carbonyl (C=O) groups is 3. The number of nitrogens with one attached hydrogen (secondary N) is 1. The van der Waals surface area contributed by atoms with Gasteiger partial charge < -0.3 is 29.1 Å². The SMILES string of the molecule is C[C@@H]1CN([C@H]2C[C@@H](CO[C@H]3CC[C@H](C=O)CC3)N(C(=O)Cc3cc(Cl)c(NC(=O)c4cn(C)c5ccccc45)cc3F)C2)C[C@H](C)O1. The maximum atomic E-state index is 15.5. The minimum atomic E-state index is -0.609. The molecule has 0 spiro atoms. The standard InChI is InChI=1S/C36H44ClFN4O5/c1-22-16-41(17-23(2)47-22)26-14-27(21-46-28-10-8-24(20-43)9-11-28)42(18-26)35(44)13-25-12-31(37)33(15-32(25)38)39-36(45)30-19-40(3)34-7-5-4-6-29(30)34/h4-7,12,15,19-20,22-24,26-28H,8-11,13-14,16-18,21H2,1-3H3,(H,39,45)/t22-,23+,24-,26-,27-,28-/m0/s1. The van der Waals surface area contributed by atoms with Crippen LogP contribution < -0.4 is 5.32 Å². The second-order valence-corrected chi connectivity index (χ2v) is 13.9. The number of hydrogen-bond acceptors (Lipinski definition) is 6. The summed E-state index contributed by atoms with van der Waals surface area (Å²) in [5, 5.41) is 3.69. The number of ether oxygens (including phenoxy) is 2. The van der Waals surface area contributed by atoms with E-state index < -0.39 is 11.7 Å². The van der Waals surface area contributed by atoms with Gasteiger partial charge >= 0.3 is 0 Å². The molecule has 1 aliphatic carbocycles. The lowest BCUT2D eigenvalue weighted by atomic mass is 9.88. The van der Waals surface area contributed by atoms with Crippen LogP contribution in [0.25, 0.3) is 10.9 Å². The van der Waals surface area contributed by atoms with Crippen molar-refractivity contribution in [2.45, 2.75) is 82.8 Å². The molecule has 2 aliphatic heterocycles. The Hall–Kier alpha value is -3.31. The number of anilines is 1. The first-order valence-corrected chi connectivity index (χ1v) is 17.1. The molecule has 47 heavy (non-hydrogen) atoms. The highest BCUT2D eigenvalue weighted by atomic mass is 35.5. The highest BCUT2D eigenvalue weighted by molar-refractivity contribution is 6.34. The minimum absolute atomic E-state index is 0.0681. The maximum absolute atomic E-state index is 15.5. The molecule has 3 aromatic rings. The smallest absolute Gasteiger partial charge is 0.257 e. The molecule has 2 aromatic carbocycles. The molecule has 0 bridgehead atoms. The molecule has 4 atom stereocenters. The van der Waals surface area contributed by atoms with E-state index in [1.807, 2.05) is 40.8 Å². The van der Waals surface area contributed by atoms with Crippen molar-refractivity contribution >= 4 is 46.3 Å². The molecule has 2 saturated heterocycles. The summed E-state index contributed by atoms with van der Waals surface area (Å²) in [6.45, 7) is 6.64. The van der Waals surface area contributed by atoms with Crippen molar-refractivity contribution in [2.75, 3.05) is 31.6 Å². The van der Waals surface area contributed by atoms with Crippen molar-refractivity contribution in [1.29, 1.82) is 0 Å². The highest BCUT2D eigenvalue weighted by Gasteiger charge is 2.40. The summed E-state index contributed by atoms with van der Waals surface area (Å²) in [4.78, 5) is 42.5. The second kappa shape index (κ2) is 14.4. The van der Waals surface area contributed by atoms with Gasteiger partial charge in [0.2, 0.25) is 5.91 Å². The third-order valence-electron chi connectivity index (χ3n) is 9.98. The quantitative estimate of drug-likeness (QED) is 0.298. The highest BCUT2D eigenvalue weighted by Crippen LogP contribution is 2.32. The van der Waals surface area contributed by atoms with E-state index >= 15 is 4.39 Å². The fourth-order valence-corrected chi connectivity index (χ4v) is 7.80. The van der Waals surface area contributed by atoms with Gasteiger partial charge in [-0.05, 0) is 69.7 Å². The van der Waals surface area contributed by atoms with Crippen LogP contribution in [0, 0.1) is 11.7 Å². The Balaban J connectivity index is 1.15. The van der Waals surface area contributed by atoms with Gasteiger partial charge in [0.1, 0.15) is 12.1 Å². The van der Waals surface area contributed by atoms with Gasteiger partial charge in [-0.25, -0.2) is 4.39 Å². The number of morpholine rings is 1. The lowest BCUT2D eigenvalue weighted by Crippen LogP contribution is -2.51. The van der Waals surface area contributed by atoms with Crippen LogP contribution >= 0.6 is 11.6 Å². The van der Waals surface area contributed by atoms with Crippen LogP contribution in [0.4, 0.5) is 10.1 Å². The average molecular weight is 667 g/mol. The van der Waals surface area contributed by atoms with E-state index in [0.29, 0.717) is 18.7 Å². The number of rotatable bonds is 9. The molecule has 0 radical (unpaired) electrons. The molecule has 3 fully saturated rings. The number of benzene rings is 2. The molecule has 9 nitrogen and oxygen atoms in total. The average Bonchev–Trinajstić information content (AvgIpc) is 3.64. The number of aryl methyl sites for hydroxylation is 1. The van der Waals surface area contributed by atoms with Crippen molar-refractivity contribution < 1.29 is 28.2 Å².